The molecule has 0 spiro atoms. The number of amides is 2. The summed E-state index contributed by atoms with van der Waals surface area (Å²) in [6, 6.07) is 5.39. The van der Waals surface area contributed by atoms with Gasteiger partial charge in [-0.15, -0.1) is 12.4 Å². The van der Waals surface area contributed by atoms with E-state index in [1.54, 1.807) is 0 Å². The van der Waals surface area contributed by atoms with Crippen LogP contribution in [-0.2, 0) is 4.79 Å². The van der Waals surface area contributed by atoms with Crippen molar-refractivity contribution in [2.45, 2.75) is 12.8 Å². The van der Waals surface area contributed by atoms with Gasteiger partial charge in [-0.3, -0.25) is 9.59 Å². The molecule has 0 unspecified atom stereocenters. The zero-order valence-corrected chi connectivity index (χ0v) is 13.1. The van der Waals surface area contributed by atoms with Gasteiger partial charge in [0.1, 0.15) is 5.82 Å². The standard InChI is InChI=1S/C15H20FN3O2.ClH/c16-13-5-3-12(4-6-13)15(21)18-7-1-2-14(20)19-10-8-17-9-11-19;/h3-6,17H,1-2,7-11H2,(H,18,21);1H. The fraction of sp³-hybridized carbons (Fsp3) is 0.467. The molecule has 7 heteroatoms. The van der Waals surface area contributed by atoms with E-state index in [9.17, 15) is 14.0 Å². The van der Waals surface area contributed by atoms with Crippen LogP contribution in [0.5, 0.6) is 0 Å². The predicted molar refractivity (Wildman–Crippen MR) is 84.7 cm³/mol. The highest BCUT2D eigenvalue weighted by molar-refractivity contribution is 5.94. The zero-order valence-electron chi connectivity index (χ0n) is 12.3. The van der Waals surface area contributed by atoms with Gasteiger partial charge in [0.2, 0.25) is 5.91 Å². The van der Waals surface area contributed by atoms with Crippen LogP contribution in [0.2, 0.25) is 0 Å². The molecular weight excluding hydrogens is 309 g/mol. The van der Waals surface area contributed by atoms with Crippen LogP contribution in [0.15, 0.2) is 24.3 Å². The maximum absolute atomic E-state index is 12.7. The van der Waals surface area contributed by atoms with E-state index in [4.69, 9.17) is 0 Å². The molecule has 0 bridgehead atoms. The number of hydrogen-bond donors (Lipinski definition) is 2. The number of carbonyl (C=O) groups is 2. The van der Waals surface area contributed by atoms with Gasteiger partial charge in [-0.05, 0) is 30.7 Å². The molecule has 1 aliphatic heterocycles. The zero-order chi connectivity index (χ0) is 15.1. The van der Waals surface area contributed by atoms with Gasteiger partial charge in [0.25, 0.3) is 5.91 Å². The molecule has 1 heterocycles. The highest BCUT2D eigenvalue weighted by Gasteiger charge is 2.15. The highest BCUT2D eigenvalue weighted by atomic mass is 35.5. The second-order valence-electron chi connectivity index (χ2n) is 5.00. The Hall–Kier alpha value is -1.66. The largest absolute Gasteiger partial charge is 0.352 e. The number of benzene rings is 1. The van der Waals surface area contributed by atoms with Gasteiger partial charge in [-0.2, -0.15) is 0 Å². The molecule has 1 aromatic rings. The Morgan fingerprint density at radius 1 is 1.18 bits per heavy atom. The van der Waals surface area contributed by atoms with Gasteiger partial charge in [-0.25, -0.2) is 4.39 Å². The summed E-state index contributed by atoms with van der Waals surface area (Å²) in [5.74, 6) is -0.481. The van der Waals surface area contributed by atoms with Crippen molar-refractivity contribution >= 4 is 24.2 Å². The maximum Gasteiger partial charge on any atom is 0.251 e. The molecule has 0 atom stereocenters. The summed E-state index contributed by atoms with van der Waals surface area (Å²) < 4.78 is 12.7. The first-order valence-electron chi connectivity index (χ1n) is 7.19. The minimum atomic E-state index is -0.367. The second-order valence-corrected chi connectivity index (χ2v) is 5.00. The van der Waals surface area contributed by atoms with Crippen molar-refractivity contribution in [1.29, 1.82) is 0 Å². The van der Waals surface area contributed by atoms with Crippen LogP contribution in [-0.4, -0.2) is 49.4 Å². The Morgan fingerprint density at radius 3 is 2.45 bits per heavy atom. The van der Waals surface area contributed by atoms with E-state index in [1.807, 2.05) is 4.90 Å². The Labute approximate surface area is 135 Å². The smallest absolute Gasteiger partial charge is 0.251 e. The monoisotopic (exact) mass is 329 g/mol. The topological polar surface area (TPSA) is 61.4 Å². The third-order valence-corrected chi connectivity index (χ3v) is 3.43. The molecule has 5 nitrogen and oxygen atoms in total. The Kier molecular flexibility index (Phi) is 7.84. The summed E-state index contributed by atoms with van der Waals surface area (Å²) in [6.07, 6.45) is 1.04. The van der Waals surface area contributed by atoms with E-state index < -0.39 is 0 Å². The quantitative estimate of drug-likeness (QED) is 0.798. The predicted octanol–water partition coefficient (Wildman–Crippen LogP) is 1.19. The fourth-order valence-electron chi connectivity index (χ4n) is 2.22. The average molecular weight is 330 g/mol. The number of carbonyl (C=O) groups excluding carboxylic acids is 2. The van der Waals surface area contributed by atoms with E-state index in [1.165, 1.54) is 24.3 Å². The summed E-state index contributed by atoms with van der Waals surface area (Å²) in [4.78, 5) is 25.5. The molecule has 0 saturated carbocycles. The number of rotatable bonds is 5. The average Bonchev–Trinajstić information content (AvgIpc) is 2.52. The van der Waals surface area contributed by atoms with Crippen LogP contribution in [0.4, 0.5) is 4.39 Å². The summed E-state index contributed by atoms with van der Waals surface area (Å²) in [7, 11) is 0. The molecule has 1 aliphatic rings. The fourth-order valence-corrected chi connectivity index (χ4v) is 2.22. The Balaban J connectivity index is 0.00000242. The van der Waals surface area contributed by atoms with Crippen LogP contribution in [0.25, 0.3) is 0 Å². The van der Waals surface area contributed by atoms with E-state index in [0.717, 1.165) is 26.2 Å². The van der Waals surface area contributed by atoms with Crippen LogP contribution >= 0.6 is 12.4 Å². The number of halogens is 2. The van der Waals surface area contributed by atoms with E-state index in [-0.39, 0.29) is 30.0 Å². The van der Waals surface area contributed by atoms with Gasteiger partial charge in [0, 0.05) is 44.7 Å². The lowest BCUT2D eigenvalue weighted by Crippen LogP contribution is -2.46. The lowest BCUT2D eigenvalue weighted by atomic mass is 10.2. The molecule has 2 N–H and O–H groups in total. The van der Waals surface area contributed by atoms with Gasteiger partial charge in [-0.1, -0.05) is 0 Å². The number of nitrogens with zero attached hydrogens (tertiary/aromatic N) is 1. The molecule has 0 radical (unpaired) electrons. The molecule has 22 heavy (non-hydrogen) atoms. The lowest BCUT2D eigenvalue weighted by Gasteiger charge is -2.27. The van der Waals surface area contributed by atoms with Gasteiger partial charge in [0.05, 0.1) is 0 Å². The molecule has 2 rings (SSSR count). The normalized spacial score (nSPS) is 14.1. The van der Waals surface area contributed by atoms with Crippen molar-refractivity contribution in [3.63, 3.8) is 0 Å². The summed E-state index contributed by atoms with van der Waals surface area (Å²) in [5.41, 5.74) is 0.421. The number of hydrogen-bond acceptors (Lipinski definition) is 3. The van der Waals surface area contributed by atoms with Crippen molar-refractivity contribution in [2.24, 2.45) is 0 Å². The van der Waals surface area contributed by atoms with Crippen LogP contribution in [0, 0.1) is 5.82 Å². The molecule has 1 saturated heterocycles. The summed E-state index contributed by atoms with van der Waals surface area (Å²) in [6.45, 7) is 3.62. The van der Waals surface area contributed by atoms with Crippen molar-refractivity contribution in [1.82, 2.24) is 15.5 Å². The first-order valence-corrected chi connectivity index (χ1v) is 7.19. The van der Waals surface area contributed by atoms with Crippen molar-refractivity contribution < 1.29 is 14.0 Å². The maximum atomic E-state index is 12.7. The molecular formula is C15H21ClFN3O2. The molecule has 2 amide bonds. The minimum Gasteiger partial charge on any atom is -0.352 e. The third kappa shape index (κ3) is 5.61. The lowest BCUT2D eigenvalue weighted by molar-refractivity contribution is -0.131. The van der Waals surface area contributed by atoms with E-state index in [2.05, 4.69) is 10.6 Å². The molecule has 1 aromatic carbocycles. The van der Waals surface area contributed by atoms with Crippen LogP contribution < -0.4 is 10.6 Å². The third-order valence-electron chi connectivity index (χ3n) is 3.43. The molecule has 0 aliphatic carbocycles. The number of piperazine rings is 1. The number of nitrogens with one attached hydrogen (secondary N) is 2. The second kappa shape index (κ2) is 9.38. The molecule has 0 aromatic heterocycles. The first-order chi connectivity index (χ1) is 10.2. The Bertz CT molecular complexity index is 490. The van der Waals surface area contributed by atoms with Crippen LogP contribution in [0.3, 0.4) is 0 Å². The summed E-state index contributed by atoms with van der Waals surface area (Å²) in [5, 5.41) is 5.93. The highest BCUT2D eigenvalue weighted by Crippen LogP contribution is 2.03. The SMILES string of the molecule is Cl.O=C(NCCCC(=O)N1CCNCC1)c1ccc(F)cc1. The van der Waals surface area contributed by atoms with Gasteiger partial charge < -0.3 is 15.5 Å². The van der Waals surface area contributed by atoms with Crippen molar-refractivity contribution in [2.75, 3.05) is 32.7 Å². The minimum absolute atomic E-state index is 0. The van der Waals surface area contributed by atoms with Gasteiger partial charge in [0.15, 0.2) is 0 Å². The first kappa shape index (κ1) is 18.4. The Morgan fingerprint density at radius 2 is 1.82 bits per heavy atom. The van der Waals surface area contributed by atoms with Gasteiger partial charge >= 0.3 is 0 Å². The van der Waals surface area contributed by atoms with Crippen molar-refractivity contribution in [3.8, 4) is 0 Å². The van der Waals surface area contributed by atoms with Crippen molar-refractivity contribution in [3.05, 3.63) is 35.6 Å². The van der Waals surface area contributed by atoms with E-state index >= 15 is 0 Å². The molecule has 122 valence electrons. The summed E-state index contributed by atoms with van der Waals surface area (Å²) >= 11 is 0. The van der Waals surface area contributed by atoms with E-state index in [0.29, 0.717) is 24.9 Å². The van der Waals surface area contributed by atoms with Crippen LogP contribution in [0.1, 0.15) is 23.2 Å². The molecule has 1 fully saturated rings.